The van der Waals surface area contributed by atoms with Crippen molar-refractivity contribution < 1.29 is 23.2 Å². The topological polar surface area (TPSA) is 65.0 Å². The van der Waals surface area contributed by atoms with Gasteiger partial charge >= 0.3 is 14.8 Å². The van der Waals surface area contributed by atoms with Gasteiger partial charge in [-0.3, -0.25) is 0 Å². The molecule has 0 rings (SSSR count). The number of carboxylic acids is 1. The summed E-state index contributed by atoms with van der Waals surface area (Å²) in [5, 5.41) is 9.04. The van der Waals surface area contributed by atoms with E-state index in [2.05, 4.69) is 0 Å². The van der Waals surface area contributed by atoms with Crippen LogP contribution in [0.3, 0.4) is 0 Å². The molecule has 0 amide bonds. The summed E-state index contributed by atoms with van der Waals surface area (Å²) in [6.07, 6.45) is 2.14. The van der Waals surface area contributed by atoms with Crippen molar-refractivity contribution in [2.45, 2.75) is 13.3 Å². The average molecular weight is 220 g/mol. The Morgan fingerprint density at radius 2 is 1.71 bits per heavy atom. The molecule has 6 heteroatoms. The van der Waals surface area contributed by atoms with Gasteiger partial charge in [0.15, 0.2) is 0 Å². The molecule has 0 spiro atoms. The van der Waals surface area contributed by atoms with Gasteiger partial charge in [-0.15, -0.1) is 0 Å². The van der Waals surface area contributed by atoms with Crippen molar-refractivity contribution in [1.82, 2.24) is 0 Å². The van der Waals surface area contributed by atoms with Gasteiger partial charge in [-0.1, -0.05) is 13.0 Å². The van der Waals surface area contributed by atoms with Gasteiger partial charge in [0.05, 0.1) is 0 Å². The van der Waals surface area contributed by atoms with Gasteiger partial charge in [0.1, 0.15) is 5.20 Å². The number of aliphatic carboxylic acids is 1. The molecule has 5 nitrogen and oxygen atoms in total. The van der Waals surface area contributed by atoms with Crippen molar-refractivity contribution in [3.8, 4) is 0 Å². The predicted octanol–water partition coefficient (Wildman–Crippen LogP) is 0.825. The second kappa shape index (κ2) is 5.92. The maximum absolute atomic E-state index is 10.9. The molecule has 0 radical (unpaired) electrons. The first-order valence-electron chi connectivity index (χ1n) is 4.17. The average Bonchev–Trinajstić information content (AvgIpc) is 2.19. The number of hydrogen-bond donors (Lipinski definition) is 1. The predicted molar refractivity (Wildman–Crippen MR) is 52.8 cm³/mol. The van der Waals surface area contributed by atoms with Crippen LogP contribution in [0.4, 0.5) is 0 Å². The van der Waals surface area contributed by atoms with Crippen LogP contribution >= 0.6 is 0 Å². The quantitative estimate of drug-likeness (QED) is 0.530. The first-order chi connectivity index (χ1) is 6.57. The third kappa shape index (κ3) is 2.65. The van der Waals surface area contributed by atoms with Gasteiger partial charge in [-0.05, 0) is 6.42 Å². The van der Waals surface area contributed by atoms with E-state index in [4.69, 9.17) is 18.4 Å². The molecule has 0 aromatic rings. The van der Waals surface area contributed by atoms with E-state index in [9.17, 15) is 4.79 Å². The number of allylic oxidation sites excluding steroid dienone is 1. The molecule has 14 heavy (non-hydrogen) atoms. The largest absolute Gasteiger partial charge is 0.543 e. The lowest BCUT2D eigenvalue weighted by molar-refractivity contribution is -0.132. The van der Waals surface area contributed by atoms with Crippen molar-refractivity contribution in [3.63, 3.8) is 0 Å². The van der Waals surface area contributed by atoms with Crippen molar-refractivity contribution in [3.05, 3.63) is 11.3 Å². The summed E-state index contributed by atoms with van der Waals surface area (Å²) >= 11 is 0. The van der Waals surface area contributed by atoms with Crippen LogP contribution < -0.4 is 0 Å². The molecule has 0 atom stereocenters. The molecule has 0 saturated carbocycles. The molecular weight excluding hydrogens is 204 g/mol. The Kier molecular flexibility index (Phi) is 5.62. The summed E-state index contributed by atoms with van der Waals surface area (Å²) in [7, 11) is 0.973. The first-order valence-corrected chi connectivity index (χ1v) is 5.89. The Morgan fingerprint density at radius 1 is 1.29 bits per heavy atom. The third-order valence-corrected chi connectivity index (χ3v) is 4.46. The Morgan fingerprint density at radius 3 is 1.93 bits per heavy atom. The van der Waals surface area contributed by atoms with E-state index in [0.717, 1.165) is 0 Å². The smallest absolute Gasteiger partial charge is 0.478 e. The molecular formula is C8H16O5Si. The van der Waals surface area contributed by atoms with Crippen LogP contribution in [0.25, 0.3) is 0 Å². The maximum atomic E-state index is 10.9. The normalized spacial score (nSPS) is 13.0. The van der Waals surface area contributed by atoms with E-state index in [0.29, 0.717) is 6.42 Å². The van der Waals surface area contributed by atoms with Crippen molar-refractivity contribution in [2.75, 3.05) is 21.3 Å². The standard InChI is InChI=1S/C8H16O5Si/c1-5-6-7(8(9)10)14(11-2,12-3)13-4/h6H,5H2,1-4H3,(H,9,10)/b7-6+. The highest BCUT2D eigenvalue weighted by atomic mass is 28.4. The zero-order valence-corrected chi connectivity index (χ0v) is 9.86. The summed E-state index contributed by atoms with van der Waals surface area (Å²) in [5.41, 5.74) is 0. The molecule has 1 N–H and O–H groups in total. The first kappa shape index (κ1) is 13.3. The molecule has 0 aliphatic carbocycles. The fourth-order valence-electron chi connectivity index (χ4n) is 1.13. The minimum absolute atomic E-state index is 0.0764. The number of rotatable bonds is 6. The van der Waals surface area contributed by atoms with Gasteiger partial charge in [0.25, 0.3) is 0 Å². The van der Waals surface area contributed by atoms with E-state index >= 15 is 0 Å². The van der Waals surface area contributed by atoms with Crippen LogP contribution in [0, 0.1) is 0 Å². The Hall–Kier alpha value is -0.693. The Labute approximate surface area is 84.7 Å². The summed E-state index contributed by atoms with van der Waals surface area (Å²) in [4.78, 5) is 10.9. The lowest BCUT2D eigenvalue weighted by Crippen LogP contribution is -2.48. The highest BCUT2D eigenvalue weighted by Gasteiger charge is 2.46. The van der Waals surface area contributed by atoms with Gasteiger partial charge in [-0.25, -0.2) is 4.79 Å². The third-order valence-electron chi connectivity index (χ3n) is 1.77. The van der Waals surface area contributed by atoms with Crippen LogP contribution in [-0.4, -0.2) is 41.2 Å². The molecule has 82 valence electrons. The van der Waals surface area contributed by atoms with Crippen molar-refractivity contribution >= 4 is 14.8 Å². The fraction of sp³-hybridized carbons (Fsp3) is 0.625. The number of hydrogen-bond acceptors (Lipinski definition) is 4. The van der Waals surface area contributed by atoms with Crippen LogP contribution in [0.15, 0.2) is 11.3 Å². The SMILES string of the molecule is CC/C=C(\C(=O)O)[Si](OC)(OC)OC. The monoisotopic (exact) mass is 220 g/mol. The maximum Gasteiger partial charge on any atom is 0.543 e. The molecule has 0 aromatic heterocycles. The van der Waals surface area contributed by atoms with Gasteiger partial charge in [-0.2, -0.15) is 0 Å². The van der Waals surface area contributed by atoms with E-state index in [1.54, 1.807) is 6.08 Å². The molecule has 0 fully saturated rings. The Bertz CT molecular complexity index is 214. The van der Waals surface area contributed by atoms with E-state index < -0.39 is 14.8 Å². The van der Waals surface area contributed by atoms with E-state index in [-0.39, 0.29) is 5.20 Å². The zero-order valence-electron chi connectivity index (χ0n) is 8.86. The minimum atomic E-state index is -3.17. The second-order valence-electron chi connectivity index (χ2n) is 2.50. The lowest BCUT2D eigenvalue weighted by Gasteiger charge is -2.24. The molecule has 0 aliphatic rings. The molecule has 0 heterocycles. The van der Waals surface area contributed by atoms with E-state index in [1.807, 2.05) is 6.92 Å². The van der Waals surface area contributed by atoms with Crippen LogP contribution in [0.5, 0.6) is 0 Å². The summed E-state index contributed by atoms with van der Waals surface area (Å²) in [6.45, 7) is 1.84. The van der Waals surface area contributed by atoms with Gasteiger partial charge in [0, 0.05) is 21.3 Å². The fourth-order valence-corrected chi connectivity index (χ4v) is 3.00. The van der Waals surface area contributed by atoms with Crippen LogP contribution in [0.1, 0.15) is 13.3 Å². The highest BCUT2D eigenvalue weighted by Crippen LogP contribution is 2.18. The summed E-state index contributed by atoms with van der Waals surface area (Å²) in [5.74, 6) is -1.07. The van der Waals surface area contributed by atoms with E-state index in [1.165, 1.54) is 21.3 Å². The second-order valence-corrected chi connectivity index (χ2v) is 5.38. The molecule has 0 bridgehead atoms. The van der Waals surface area contributed by atoms with Crippen molar-refractivity contribution in [1.29, 1.82) is 0 Å². The molecule has 0 aromatic carbocycles. The van der Waals surface area contributed by atoms with Gasteiger partial charge < -0.3 is 18.4 Å². The zero-order chi connectivity index (χ0) is 11.2. The summed E-state index contributed by atoms with van der Waals surface area (Å²) < 4.78 is 15.2. The lowest BCUT2D eigenvalue weighted by atomic mass is 10.4. The van der Waals surface area contributed by atoms with Crippen molar-refractivity contribution in [2.24, 2.45) is 0 Å². The van der Waals surface area contributed by atoms with Gasteiger partial charge in [0.2, 0.25) is 0 Å². The highest BCUT2D eigenvalue weighted by molar-refractivity contribution is 6.73. The molecule has 0 saturated heterocycles. The number of carboxylic acid groups (broad SMARTS) is 1. The summed E-state index contributed by atoms with van der Waals surface area (Å²) in [6, 6.07) is 0. The minimum Gasteiger partial charge on any atom is -0.478 e. The molecule has 0 unspecified atom stereocenters. The Balaban J connectivity index is 5.11. The van der Waals surface area contributed by atoms with Crippen LogP contribution in [0.2, 0.25) is 0 Å². The van der Waals surface area contributed by atoms with Crippen LogP contribution in [-0.2, 0) is 18.1 Å². The number of carbonyl (C=O) groups is 1. The molecule has 0 aliphatic heterocycles.